The van der Waals surface area contributed by atoms with E-state index in [2.05, 4.69) is 21.5 Å². The average Bonchev–Trinajstić information content (AvgIpc) is 3.13. The van der Waals surface area contributed by atoms with Gasteiger partial charge in [0.25, 0.3) is 0 Å². The lowest BCUT2D eigenvalue weighted by atomic mass is 9.83. The van der Waals surface area contributed by atoms with Crippen molar-refractivity contribution in [2.24, 2.45) is 0 Å². The number of carbonyl (C=O) groups is 1. The molecule has 0 radical (unpaired) electrons. The Kier molecular flexibility index (Phi) is 5.38. The quantitative estimate of drug-likeness (QED) is 0.723. The van der Waals surface area contributed by atoms with Crippen LogP contribution in [0.5, 0.6) is 0 Å². The van der Waals surface area contributed by atoms with E-state index in [1.807, 2.05) is 44.2 Å². The summed E-state index contributed by atoms with van der Waals surface area (Å²) >= 11 is 5.94. The van der Waals surface area contributed by atoms with Gasteiger partial charge < -0.3 is 5.32 Å². The molecule has 0 spiro atoms. The van der Waals surface area contributed by atoms with E-state index in [9.17, 15) is 4.79 Å². The van der Waals surface area contributed by atoms with Crippen LogP contribution in [0.3, 0.4) is 0 Å². The lowest BCUT2D eigenvalue weighted by molar-refractivity contribution is -0.125. The fraction of sp³-hybridized carbons (Fsp3) is 0.250. The highest BCUT2D eigenvalue weighted by molar-refractivity contribution is 6.30. The van der Waals surface area contributed by atoms with Crippen molar-refractivity contribution in [1.82, 2.24) is 20.1 Å². The second-order valence-electron chi connectivity index (χ2n) is 6.73. The zero-order valence-corrected chi connectivity index (χ0v) is 15.6. The zero-order chi connectivity index (χ0) is 18.6. The molecule has 1 heterocycles. The molecule has 1 N–H and O–H groups in total. The molecule has 0 aliphatic carbocycles. The third kappa shape index (κ3) is 4.29. The standard InChI is InChI=1S/C20H21ClN4O/c1-20(2,17-6-8-18(21)9-7-17)19(26)23-11-15-4-3-5-16(10-15)12-25-14-22-13-24-25/h3-10,13-14H,11-12H2,1-2H3,(H,23,26). The van der Waals surface area contributed by atoms with Crippen molar-refractivity contribution in [3.8, 4) is 0 Å². The number of amides is 1. The number of hydrogen-bond donors (Lipinski definition) is 1. The molecule has 0 fully saturated rings. The van der Waals surface area contributed by atoms with Crippen LogP contribution in [0.15, 0.2) is 61.2 Å². The molecule has 2 aromatic carbocycles. The van der Waals surface area contributed by atoms with Gasteiger partial charge in [0.1, 0.15) is 12.7 Å². The average molecular weight is 369 g/mol. The van der Waals surface area contributed by atoms with Gasteiger partial charge >= 0.3 is 0 Å². The van der Waals surface area contributed by atoms with Gasteiger partial charge in [0.15, 0.2) is 0 Å². The molecule has 134 valence electrons. The number of hydrogen-bond acceptors (Lipinski definition) is 3. The van der Waals surface area contributed by atoms with E-state index in [4.69, 9.17) is 11.6 Å². The molecular formula is C20H21ClN4O. The summed E-state index contributed by atoms with van der Waals surface area (Å²) < 4.78 is 1.77. The van der Waals surface area contributed by atoms with Crippen LogP contribution in [0, 0.1) is 0 Å². The van der Waals surface area contributed by atoms with E-state index in [0.717, 1.165) is 16.7 Å². The van der Waals surface area contributed by atoms with E-state index in [1.54, 1.807) is 23.1 Å². The second-order valence-corrected chi connectivity index (χ2v) is 7.16. The Labute approximate surface area is 158 Å². The van der Waals surface area contributed by atoms with Gasteiger partial charge in [-0.15, -0.1) is 0 Å². The molecule has 0 aliphatic rings. The van der Waals surface area contributed by atoms with Crippen LogP contribution in [0.4, 0.5) is 0 Å². The number of carbonyl (C=O) groups excluding carboxylic acids is 1. The monoisotopic (exact) mass is 368 g/mol. The summed E-state index contributed by atoms with van der Waals surface area (Å²) in [4.78, 5) is 16.6. The third-order valence-corrected chi connectivity index (χ3v) is 4.64. The van der Waals surface area contributed by atoms with Gasteiger partial charge in [0.05, 0.1) is 12.0 Å². The summed E-state index contributed by atoms with van der Waals surface area (Å²) in [6.07, 6.45) is 3.20. The summed E-state index contributed by atoms with van der Waals surface area (Å²) in [7, 11) is 0. The Morgan fingerprint density at radius 2 is 1.88 bits per heavy atom. The van der Waals surface area contributed by atoms with E-state index in [0.29, 0.717) is 18.1 Å². The third-order valence-electron chi connectivity index (χ3n) is 4.39. The SMILES string of the molecule is CC(C)(C(=O)NCc1cccc(Cn2cncn2)c1)c1ccc(Cl)cc1. The first kappa shape index (κ1) is 18.1. The molecule has 1 aromatic heterocycles. The maximum Gasteiger partial charge on any atom is 0.230 e. The van der Waals surface area contributed by atoms with Crippen LogP contribution in [0.2, 0.25) is 5.02 Å². The Bertz CT molecular complexity index is 873. The van der Waals surface area contributed by atoms with E-state index in [1.165, 1.54) is 6.33 Å². The van der Waals surface area contributed by atoms with Crippen molar-refractivity contribution >= 4 is 17.5 Å². The zero-order valence-electron chi connectivity index (χ0n) is 14.8. The number of aromatic nitrogens is 3. The number of nitrogens with zero attached hydrogens (tertiary/aromatic N) is 3. The van der Waals surface area contributed by atoms with E-state index >= 15 is 0 Å². The summed E-state index contributed by atoms with van der Waals surface area (Å²) in [6, 6.07) is 15.5. The lowest BCUT2D eigenvalue weighted by Gasteiger charge is -2.24. The van der Waals surface area contributed by atoms with Crippen molar-refractivity contribution in [3.05, 3.63) is 82.9 Å². The molecular weight excluding hydrogens is 348 g/mol. The molecule has 1 amide bonds. The summed E-state index contributed by atoms with van der Waals surface area (Å²) in [6.45, 7) is 4.94. The highest BCUT2D eigenvalue weighted by Gasteiger charge is 2.29. The van der Waals surface area contributed by atoms with Crippen LogP contribution in [-0.4, -0.2) is 20.7 Å². The molecule has 0 saturated heterocycles. The largest absolute Gasteiger partial charge is 0.351 e. The van der Waals surface area contributed by atoms with Crippen molar-refractivity contribution in [2.75, 3.05) is 0 Å². The molecule has 0 unspecified atom stereocenters. The van der Waals surface area contributed by atoms with Crippen molar-refractivity contribution in [3.63, 3.8) is 0 Å². The highest BCUT2D eigenvalue weighted by Crippen LogP contribution is 2.25. The van der Waals surface area contributed by atoms with Gasteiger partial charge in [-0.1, -0.05) is 48.0 Å². The van der Waals surface area contributed by atoms with Crippen LogP contribution >= 0.6 is 11.6 Å². The molecule has 0 bridgehead atoms. The number of halogens is 1. The summed E-state index contributed by atoms with van der Waals surface area (Å²) in [5, 5.41) is 7.81. The molecule has 26 heavy (non-hydrogen) atoms. The van der Waals surface area contributed by atoms with Crippen LogP contribution in [0.25, 0.3) is 0 Å². The minimum atomic E-state index is -0.636. The van der Waals surface area contributed by atoms with Crippen LogP contribution in [0.1, 0.15) is 30.5 Å². The van der Waals surface area contributed by atoms with Gasteiger partial charge in [-0.3, -0.25) is 4.79 Å². The first-order chi connectivity index (χ1) is 12.4. The molecule has 0 saturated carbocycles. The number of rotatable bonds is 6. The second kappa shape index (κ2) is 7.70. The minimum Gasteiger partial charge on any atom is -0.351 e. The minimum absolute atomic E-state index is 0.0264. The Hall–Kier alpha value is -2.66. The first-order valence-electron chi connectivity index (χ1n) is 8.40. The first-order valence-corrected chi connectivity index (χ1v) is 8.77. The Balaban J connectivity index is 1.64. The van der Waals surface area contributed by atoms with Gasteiger partial charge in [-0.25, -0.2) is 9.67 Å². The van der Waals surface area contributed by atoms with Gasteiger partial charge in [-0.2, -0.15) is 5.10 Å². The fourth-order valence-corrected chi connectivity index (χ4v) is 2.87. The van der Waals surface area contributed by atoms with E-state index in [-0.39, 0.29) is 5.91 Å². The Morgan fingerprint density at radius 3 is 2.58 bits per heavy atom. The number of nitrogens with one attached hydrogen (secondary N) is 1. The molecule has 0 aliphatic heterocycles. The normalized spacial score (nSPS) is 11.3. The van der Waals surface area contributed by atoms with Gasteiger partial charge in [0.2, 0.25) is 5.91 Å². The maximum atomic E-state index is 12.7. The van der Waals surface area contributed by atoms with Crippen molar-refractivity contribution in [2.45, 2.75) is 32.4 Å². The Morgan fingerprint density at radius 1 is 1.15 bits per heavy atom. The highest BCUT2D eigenvalue weighted by atomic mass is 35.5. The topological polar surface area (TPSA) is 59.8 Å². The number of benzene rings is 2. The van der Waals surface area contributed by atoms with Crippen LogP contribution < -0.4 is 5.32 Å². The van der Waals surface area contributed by atoms with Crippen LogP contribution in [-0.2, 0) is 23.3 Å². The maximum absolute atomic E-state index is 12.7. The van der Waals surface area contributed by atoms with E-state index < -0.39 is 5.41 Å². The fourth-order valence-electron chi connectivity index (χ4n) is 2.74. The molecule has 3 aromatic rings. The lowest BCUT2D eigenvalue weighted by Crippen LogP contribution is -2.39. The molecule has 6 heteroatoms. The smallest absolute Gasteiger partial charge is 0.230 e. The summed E-state index contributed by atoms with van der Waals surface area (Å²) in [5.74, 6) is -0.0264. The van der Waals surface area contributed by atoms with Gasteiger partial charge in [0, 0.05) is 11.6 Å². The predicted molar refractivity (Wildman–Crippen MR) is 102 cm³/mol. The molecule has 0 atom stereocenters. The summed E-state index contributed by atoms with van der Waals surface area (Å²) in [5.41, 5.74) is 2.45. The van der Waals surface area contributed by atoms with Crippen molar-refractivity contribution in [1.29, 1.82) is 0 Å². The van der Waals surface area contributed by atoms with Gasteiger partial charge in [-0.05, 0) is 42.7 Å². The molecule has 5 nitrogen and oxygen atoms in total. The predicted octanol–water partition coefficient (Wildman–Crippen LogP) is 3.57. The molecule has 3 rings (SSSR count). The van der Waals surface area contributed by atoms with Crippen molar-refractivity contribution < 1.29 is 4.79 Å².